The summed E-state index contributed by atoms with van der Waals surface area (Å²) < 4.78 is 11.0. The first-order valence-electron chi connectivity index (χ1n) is 7.89. The number of carbonyl (C=O) groups excluding carboxylic acids is 2. The molecule has 1 aliphatic carbocycles. The van der Waals surface area contributed by atoms with Crippen LogP contribution in [0.25, 0.3) is 6.08 Å². The van der Waals surface area contributed by atoms with Crippen LogP contribution >= 0.6 is 15.9 Å². The summed E-state index contributed by atoms with van der Waals surface area (Å²) in [4.78, 5) is 23.7. The fraction of sp³-hybridized carbons (Fsp3) is 0.389. The minimum absolute atomic E-state index is 0.414. The maximum absolute atomic E-state index is 11.9. The van der Waals surface area contributed by atoms with Crippen LogP contribution in [0.4, 0.5) is 0 Å². The molecular formula is C18H19BrN2O4. The van der Waals surface area contributed by atoms with Crippen LogP contribution in [0.15, 0.2) is 28.7 Å². The monoisotopic (exact) mass is 406 g/mol. The van der Waals surface area contributed by atoms with Crippen molar-refractivity contribution in [2.24, 2.45) is 0 Å². The summed E-state index contributed by atoms with van der Waals surface area (Å²) in [6.07, 6.45) is 5.86. The quantitative estimate of drug-likeness (QED) is 0.579. The minimum Gasteiger partial charge on any atom is -0.496 e. The van der Waals surface area contributed by atoms with E-state index in [0.717, 1.165) is 17.3 Å². The van der Waals surface area contributed by atoms with Crippen LogP contribution in [0.3, 0.4) is 0 Å². The van der Waals surface area contributed by atoms with E-state index in [1.165, 1.54) is 13.2 Å². The highest BCUT2D eigenvalue weighted by Crippen LogP contribution is 2.28. The van der Waals surface area contributed by atoms with Gasteiger partial charge in [-0.3, -0.25) is 4.79 Å². The Labute approximate surface area is 154 Å². The van der Waals surface area contributed by atoms with E-state index in [4.69, 9.17) is 9.47 Å². The number of methoxy groups -OCH3 is 1. The van der Waals surface area contributed by atoms with Gasteiger partial charge in [0.25, 0.3) is 5.91 Å². The van der Waals surface area contributed by atoms with E-state index in [1.807, 2.05) is 6.07 Å². The van der Waals surface area contributed by atoms with Gasteiger partial charge < -0.3 is 14.8 Å². The molecule has 1 saturated carbocycles. The van der Waals surface area contributed by atoms with E-state index < -0.39 is 24.0 Å². The number of nitrogens with one attached hydrogen (secondary N) is 1. The average Bonchev–Trinajstić information content (AvgIpc) is 3.07. The van der Waals surface area contributed by atoms with Gasteiger partial charge in [0, 0.05) is 16.1 Å². The highest BCUT2D eigenvalue weighted by atomic mass is 79.9. The Bertz CT molecular complexity index is 718. The van der Waals surface area contributed by atoms with Crippen LogP contribution in [0, 0.1) is 11.3 Å². The number of ether oxygens (including phenoxy) is 2. The smallest absolute Gasteiger partial charge is 0.331 e. The Morgan fingerprint density at radius 1 is 1.40 bits per heavy atom. The molecule has 1 aromatic carbocycles. The lowest BCUT2D eigenvalue weighted by Crippen LogP contribution is -2.46. The molecule has 1 fully saturated rings. The summed E-state index contributed by atoms with van der Waals surface area (Å²) in [5.74, 6) is -0.498. The van der Waals surface area contributed by atoms with Gasteiger partial charge in [0.15, 0.2) is 6.61 Å². The summed E-state index contributed by atoms with van der Waals surface area (Å²) in [5, 5.41) is 11.9. The molecule has 1 aromatic rings. The number of carbonyl (C=O) groups is 2. The third-order valence-electron chi connectivity index (χ3n) is 3.99. The van der Waals surface area contributed by atoms with Gasteiger partial charge in [-0.15, -0.1) is 0 Å². The van der Waals surface area contributed by atoms with Gasteiger partial charge >= 0.3 is 5.97 Å². The second-order valence-corrected chi connectivity index (χ2v) is 6.69. The summed E-state index contributed by atoms with van der Waals surface area (Å²) in [6, 6.07) is 7.55. The van der Waals surface area contributed by atoms with E-state index in [2.05, 4.69) is 27.3 Å². The summed E-state index contributed by atoms with van der Waals surface area (Å²) in [7, 11) is 1.54. The van der Waals surface area contributed by atoms with Crippen molar-refractivity contribution in [3.8, 4) is 11.8 Å². The van der Waals surface area contributed by atoms with Gasteiger partial charge in [0.1, 0.15) is 11.3 Å². The largest absolute Gasteiger partial charge is 0.496 e. The molecule has 132 valence electrons. The molecule has 1 aliphatic rings. The number of nitriles is 1. The first-order chi connectivity index (χ1) is 12.0. The van der Waals surface area contributed by atoms with Crippen LogP contribution in [0.2, 0.25) is 0 Å². The molecule has 0 aliphatic heterocycles. The fourth-order valence-corrected chi connectivity index (χ4v) is 3.10. The molecule has 2 rings (SSSR count). The number of esters is 1. The Balaban J connectivity index is 1.87. The van der Waals surface area contributed by atoms with Crippen molar-refractivity contribution in [2.45, 2.75) is 31.2 Å². The maximum atomic E-state index is 11.9. The van der Waals surface area contributed by atoms with Gasteiger partial charge in [-0.05, 0) is 50.0 Å². The maximum Gasteiger partial charge on any atom is 0.331 e. The molecule has 0 bridgehead atoms. The third kappa shape index (κ3) is 5.33. The van der Waals surface area contributed by atoms with Gasteiger partial charge in [-0.25, -0.2) is 4.79 Å². The van der Waals surface area contributed by atoms with Gasteiger partial charge in [0.2, 0.25) is 0 Å². The number of halogens is 1. The first-order valence-corrected chi connectivity index (χ1v) is 8.68. The van der Waals surface area contributed by atoms with E-state index >= 15 is 0 Å². The molecular weight excluding hydrogens is 388 g/mol. The zero-order chi connectivity index (χ0) is 18.3. The van der Waals surface area contributed by atoms with Crippen molar-refractivity contribution in [1.82, 2.24) is 5.32 Å². The molecule has 1 N–H and O–H groups in total. The predicted molar refractivity (Wildman–Crippen MR) is 95.6 cm³/mol. The second-order valence-electron chi connectivity index (χ2n) is 5.78. The van der Waals surface area contributed by atoms with E-state index in [0.29, 0.717) is 24.2 Å². The molecule has 0 heterocycles. The molecule has 1 amide bonds. The fourth-order valence-electron chi connectivity index (χ4n) is 2.72. The topological polar surface area (TPSA) is 88.4 Å². The SMILES string of the molecule is COc1ccc(Br)cc1/C=C/C(=O)OCC(=O)NC1(C#N)CCCC1. The van der Waals surface area contributed by atoms with Crippen LogP contribution in [0.1, 0.15) is 31.2 Å². The predicted octanol–water partition coefficient (Wildman–Crippen LogP) is 2.97. The Kier molecular flexibility index (Phi) is 6.59. The minimum atomic E-state index is -0.816. The highest BCUT2D eigenvalue weighted by molar-refractivity contribution is 9.10. The lowest BCUT2D eigenvalue weighted by molar-refractivity contribution is -0.144. The molecule has 0 unspecified atom stereocenters. The third-order valence-corrected chi connectivity index (χ3v) is 4.48. The van der Waals surface area contributed by atoms with Gasteiger partial charge in [-0.1, -0.05) is 15.9 Å². The van der Waals surface area contributed by atoms with Crippen LogP contribution < -0.4 is 10.1 Å². The standard InChI is InChI=1S/C18H19BrN2O4/c1-24-15-6-5-14(19)10-13(15)4-7-17(23)25-11-16(22)21-18(12-20)8-2-3-9-18/h4-7,10H,2-3,8-9,11H2,1H3,(H,21,22)/b7-4+. The van der Waals surface area contributed by atoms with Gasteiger partial charge in [0.05, 0.1) is 13.2 Å². The number of hydrogen-bond donors (Lipinski definition) is 1. The average molecular weight is 407 g/mol. The van der Waals surface area contributed by atoms with Crippen LogP contribution in [-0.2, 0) is 14.3 Å². The molecule has 7 heteroatoms. The zero-order valence-electron chi connectivity index (χ0n) is 13.9. The Morgan fingerprint density at radius 2 is 2.12 bits per heavy atom. The van der Waals surface area contributed by atoms with Crippen molar-refractivity contribution in [1.29, 1.82) is 5.26 Å². The summed E-state index contributed by atoms with van der Waals surface area (Å²) in [5.41, 5.74) is -0.115. The lowest BCUT2D eigenvalue weighted by Gasteiger charge is -2.21. The molecule has 0 spiro atoms. The van der Waals surface area contributed by atoms with E-state index in [-0.39, 0.29) is 0 Å². The number of amides is 1. The van der Waals surface area contributed by atoms with E-state index in [9.17, 15) is 14.9 Å². The molecule has 25 heavy (non-hydrogen) atoms. The van der Waals surface area contributed by atoms with Gasteiger partial charge in [-0.2, -0.15) is 5.26 Å². The molecule has 0 saturated heterocycles. The van der Waals surface area contributed by atoms with Crippen molar-refractivity contribution >= 4 is 33.9 Å². The van der Waals surface area contributed by atoms with Crippen molar-refractivity contribution < 1.29 is 19.1 Å². The number of hydrogen-bond acceptors (Lipinski definition) is 5. The number of rotatable bonds is 6. The van der Waals surface area contributed by atoms with Crippen LogP contribution in [0.5, 0.6) is 5.75 Å². The van der Waals surface area contributed by atoms with Crippen molar-refractivity contribution in [2.75, 3.05) is 13.7 Å². The highest BCUT2D eigenvalue weighted by Gasteiger charge is 2.35. The Morgan fingerprint density at radius 3 is 2.76 bits per heavy atom. The molecule has 0 atom stereocenters. The summed E-state index contributed by atoms with van der Waals surface area (Å²) in [6.45, 7) is -0.414. The Hall–Kier alpha value is -2.33. The molecule has 0 aromatic heterocycles. The molecule has 0 radical (unpaired) electrons. The molecule has 6 nitrogen and oxygen atoms in total. The van der Waals surface area contributed by atoms with Crippen molar-refractivity contribution in [3.63, 3.8) is 0 Å². The summed E-state index contributed by atoms with van der Waals surface area (Å²) >= 11 is 3.35. The lowest BCUT2D eigenvalue weighted by atomic mass is 10.00. The number of benzene rings is 1. The van der Waals surface area contributed by atoms with E-state index in [1.54, 1.807) is 18.2 Å². The normalized spacial score (nSPS) is 15.6. The van der Waals surface area contributed by atoms with Crippen molar-refractivity contribution in [3.05, 3.63) is 34.3 Å². The second kappa shape index (κ2) is 8.67. The zero-order valence-corrected chi connectivity index (χ0v) is 15.5. The van der Waals surface area contributed by atoms with Crippen LogP contribution in [-0.4, -0.2) is 31.1 Å². The number of nitrogens with zero attached hydrogens (tertiary/aromatic N) is 1. The first kappa shape index (κ1) is 19.0.